The van der Waals surface area contributed by atoms with Crippen molar-refractivity contribution >= 4 is 35.8 Å². The highest BCUT2D eigenvalue weighted by atomic mass is 127. The zero-order chi connectivity index (χ0) is 18.6. The van der Waals surface area contributed by atoms with Gasteiger partial charge in [0, 0.05) is 32.2 Å². The van der Waals surface area contributed by atoms with E-state index in [1.165, 1.54) is 38.5 Å². The predicted molar refractivity (Wildman–Crippen MR) is 121 cm³/mol. The average molecular weight is 488 g/mol. The summed E-state index contributed by atoms with van der Waals surface area (Å²) in [7, 11) is 3.36. The Morgan fingerprint density at radius 3 is 2.56 bits per heavy atom. The van der Waals surface area contributed by atoms with Gasteiger partial charge in [-0.05, 0) is 37.0 Å². The molecule has 0 bridgehead atoms. The quantitative estimate of drug-likeness (QED) is 0.216. The summed E-state index contributed by atoms with van der Waals surface area (Å²) in [5.74, 6) is 2.29. The van der Waals surface area contributed by atoms with Crippen molar-refractivity contribution in [2.24, 2.45) is 10.9 Å². The molecule has 2 rings (SSSR count). The van der Waals surface area contributed by atoms with E-state index in [0.717, 1.165) is 18.4 Å². The summed E-state index contributed by atoms with van der Waals surface area (Å²) in [6.07, 6.45) is 8.10. The van der Waals surface area contributed by atoms with Crippen LogP contribution in [0.2, 0.25) is 0 Å². The van der Waals surface area contributed by atoms with Crippen LogP contribution in [0.25, 0.3) is 0 Å². The fourth-order valence-electron chi connectivity index (χ4n) is 3.34. The first-order valence-corrected chi connectivity index (χ1v) is 9.59. The Bertz CT molecular complexity index is 589. The van der Waals surface area contributed by atoms with Gasteiger partial charge < -0.3 is 20.7 Å². The Hall–Kier alpha value is -1.51. The van der Waals surface area contributed by atoms with E-state index in [2.05, 4.69) is 20.9 Å². The van der Waals surface area contributed by atoms with Crippen LogP contribution in [-0.2, 0) is 0 Å². The van der Waals surface area contributed by atoms with E-state index in [1.54, 1.807) is 26.3 Å². The first-order chi connectivity index (χ1) is 12.7. The third kappa shape index (κ3) is 8.81. The molecule has 1 aliphatic carbocycles. The van der Waals surface area contributed by atoms with Crippen LogP contribution < -0.4 is 20.7 Å². The SMILES string of the molecule is CN=C(NCCCC1CCCC1)NCCNC(=O)c1cccc(OC)c1.I. The summed E-state index contributed by atoms with van der Waals surface area (Å²) in [5, 5.41) is 9.46. The van der Waals surface area contributed by atoms with Crippen LogP contribution in [0.3, 0.4) is 0 Å². The zero-order valence-corrected chi connectivity index (χ0v) is 18.8. The smallest absolute Gasteiger partial charge is 0.251 e. The highest BCUT2D eigenvalue weighted by Gasteiger charge is 2.14. The lowest BCUT2D eigenvalue weighted by atomic mass is 10.0. The number of halogens is 1. The first-order valence-electron chi connectivity index (χ1n) is 9.59. The van der Waals surface area contributed by atoms with Crippen molar-refractivity contribution < 1.29 is 9.53 Å². The molecular formula is C20H33IN4O2. The number of carbonyl (C=O) groups is 1. The van der Waals surface area contributed by atoms with E-state index in [4.69, 9.17) is 4.74 Å². The monoisotopic (exact) mass is 488 g/mol. The van der Waals surface area contributed by atoms with Gasteiger partial charge in [0.15, 0.2) is 5.96 Å². The molecule has 0 saturated heterocycles. The molecule has 0 unspecified atom stereocenters. The molecule has 27 heavy (non-hydrogen) atoms. The third-order valence-corrected chi connectivity index (χ3v) is 4.81. The number of methoxy groups -OCH3 is 1. The van der Waals surface area contributed by atoms with E-state index in [0.29, 0.717) is 24.4 Å². The van der Waals surface area contributed by atoms with E-state index in [9.17, 15) is 4.79 Å². The standard InChI is InChI=1S/C20H32N4O2.HI/c1-21-20(23-12-6-9-16-7-3-4-8-16)24-14-13-22-19(25)17-10-5-11-18(15-17)26-2;/h5,10-11,15-16H,3-4,6-9,12-14H2,1-2H3,(H,22,25)(H2,21,23,24);1H. The fourth-order valence-corrected chi connectivity index (χ4v) is 3.34. The number of hydrogen-bond acceptors (Lipinski definition) is 3. The maximum Gasteiger partial charge on any atom is 0.251 e. The highest BCUT2D eigenvalue weighted by molar-refractivity contribution is 14.0. The number of amides is 1. The number of aliphatic imine (C=N–C) groups is 1. The molecule has 1 aromatic carbocycles. The predicted octanol–water partition coefficient (Wildman–Crippen LogP) is 3.18. The van der Waals surface area contributed by atoms with Crippen LogP contribution in [0.4, 0.5) is 0 Å². The van der Waals surface area contributed by atoms with Crippen LogP contribution >= 0.6 is 24.0 Å². The van der Waals surface area contributed by atoms with Gasteiger partial charge in [0.05, 0.1) is 7.11 Å². The van der Waals surface area contributed by atoms with Crippen LogP contribution in [0.1, 0.15) is 48.9 Å². The third-order valence-electron chi connectivity index (χ3n) is 4.81. The molecule has 0 spiro atoms. The summed E-state index contributed by atoms with van der Waals surface area (Å²) in [6, 6.07) is 7.13. The van der Waals surface area contributed by atoms with Crippen molar-refractivity contribution in [1.29, 1.82) is 0 Å². The number of benzene rings is 1. The van der Waals surface area contributed by atoms with Crippen LogP contribution in [0.15, 0.2) is 29.3 Å². The molecule has 0 aromatic heterocycles. The molecule has 0 atom stereocenters. The molecule has 3 N–H and O–H groups in total. The van der Waals surface area contributed by atoms with Gasteiger partial charge in [-0.15, -0.1) is 24.0 Å². The normalized spacial score (nSPS) is 14.4. The molecule has 152 valence electrons. The highest BCUT2D eigenvalue weighted by Crippen LogP contribution is 2.28. The lowest BCUT2D eigenvalue weighted by Gasteiger charge is -2.13. The van der Waals surface area contributed by atoms with Gasteiger partial charge in [-0.1, -0.05) is 31.7 Å². The Labute approximate surface area is 179 Å². The second kappa shape index (κ2) is 13.6. The minimum absolute atomic E-state index is 0. The van der Waals surface area contributed by atoms with E-state index < -0.39 is 0 Å². The molecule has 0 radical (unpaired) electrons. The van der Waals surface area contributed by atoms with Crippen LogP contribution in [0, 0.1) is 5.92 Å². The van der Waals surface area contributed by atoms with Crippen molar-refractivity contribution in [2.75, 3.05) is 33.8 Å². The number of carbonyl (C=O) groups excluding carboxylic acids is 1. The van der Waals surface area contributed by atoms with Gasteiger partial charge >= 0.3 is 0 Å². The lowest BCUT2D eigenvalue weighted by Crippen LogP contribution is -2.41. The number of guanidine groups is 1. The number of ether oxygens (including phenoxy) is 1. The minimum atomic E-state index is -0.106. The fraction of sp³-hybridized carbons (Fsp3) is 0.600. The Morgan fingerprint density at radius 1 is 1.15 bits per heavy atom. The van der Waals surface area contributed by atoms with Gasteiger partial charge in [-0.25, -0.2) is 0 Å². The Balaban J connectivity index is 0.00000364. The second-order valence-electron chi connectivity index (χ2n) is 6.71. The van der Waals surface area contributed by atoms with Crippen molar-refractivity contribution in [2.45, 2.75) is 38.5 Å². The van der Waals surface area contributed by atoms with Crippen molar-refractivity contribution in [3.8, 4) is 5.75 Å². The molecule has 7 heteroatoms. The molecule has 6 nitrogen and oxygen atoms in total. The minimum Gasteiger partial charge on any atom is -0.497 e. The number of hydrogen-bond donors (Lipinski definition) is 3. The van der Waals surface area contributed by atoms with E-state index >= 15 is 0 Å². The largest absolute Gasteiger partial charge is 0.497 e. The maximum atomic E-state index is 12.1. The number of rotatable bonds is 9. The molecule has 1 aliphatic rings. The van der Waals surface area contributed by atoms with Crippen molar-refractivity contribution in [3.63, 3.8) is 0 Å². The van der Waals surface area contributed by atoms with Crippen molar-refractivity contribution in [1.82, 2.24) is 16.0 Å². The summed E-state index contributed by atoms with van der Waals surface area (Å²) in [4.78, 5) is 16.3. The average Bonchev–Trinajstić information content (AvgIpc) is 3.20. The van der Waals surface area contributed by atoms with Gasteiger partial charge in [-0.2, -0.15) is 0 Å². The lowest BCUT2D eigenvalue weighted by molar-refractivity contribution is 0.0954. The van der Waals surface area contributed by atoms with Crippen LogP contribution in [0.5, 0.6) is 5.75 Å². The molecule has 1 amide bonds. The molecule has 1 aromatic rings. The van der Waals surface area contributed by atoms with Gasteiger partial charge in [-0.3, -0.25) is 9.79 Å². The van der Waals surface area contributed by atoms with Crippen LogP contribution in [-0.4, -0.2) is 45.7 Å². The van der Waals surface area contributed by atoms with Gasteiger partial charge in [0.25, 0.3) is 5.91 Å². The summed E-state index contributed by atoms with van der Waals surface area (Å²) in [5.41, 5.74) is 0.596. The molecular weight excluding hydrogens is 455 g/mol. The summed E-state index contributed by atoms with van der Waals surface area (Å²) < 4.78 is 5.14. The maximum absolute atomic E-state index is 12.1. The second-order valence-corrected chi connectivity index (χ2v) is 6.71. The van der Waals surface area contributed by atoms with Crippen molar-refractivity contribution in [3.05, 3.63) is 29.8 Å². The van der Waals surface area contributed by atoms with Gasteiger partial charge in [0.1, 0.15) is 5.75 Å². The number of nitrogens with one attached hydrogen (secondary N) is 3. The molecule has 1 saturated carbocycles. The first kappa shape index (κ1) is 23.5. The van der Waals surface area contributed by atoms with E-state index in [-0.39, 0.29) is 29.9 Å². The number of nitrogens with zero attached hydrogens (tertiary/aromatic N) is 1. The molecule has 1 fully saturated rings. The zero-order valence-electron chi connectivity index (χ0n) is 16.4. The molecule has 0 heterocycles. The summed E-state index contributed by atoms with van der Waals surface area (Å²) in [6.45, 7) is 2.09. The van der Waals surface area contributed by atoms with Gasteiger partial charge in [0.2, 0.25) is 0 Å². The Kier molecular flexibility index (Phi) is 11.9. The topological polar surface area (TPSA) is 74.8 Å². The molecule has 0 aliphatic heterocycles. The summed E-state index contributed by atoms with van der Waals surface area (Å²) >= 11 is 0. The Morgan fingerprint density at radius 2 is 1.85 bits per heavy atom. The van der Waals surface area contributed by atoms with E-state index in [1.807, 2.05) is 12.1 Å².